The number of rotatable bonds is 6. The number of fused-ring (bicyclic) bond motifs is 1. The van der Waals surface area contributed by atoms with E-state index in [9.17, 15) is 12.8 Å². The van der Waals surface area contributed by atoms with Crippen molar-refractivity contribution in [3.63, 3.8) is 0 Å². The molecule has 2 saturated heterocycles. The number of aromatic nitrogens is 1. The summed E-state index contributed by atoms with van der Waals surface area (Å²) in [6.45, 7) is 5.05. The zero-order valence-corrected chi connectivity index (χ0v) is 18.9. The molecule has 0 radical (unpaired) electrons. The second-order valence-electron chi connectivity index (χ2n) is 7.77. The smallest absolute Gasteiger partial charge is 0.266 e. The SMILES string of the molecule is C[C@@H]1CN2CCC[C@@]2(CNc2cc(F)c(S(=O)(=O)Nc3ncc(Cl)s3)cc2Cl)C1. The van der Waals surface area contributed by atoms with Gasteiger partial charge in [0.2, 0.25) is 0 Å². The molecule has 2 atom stereocenters. The molecule has 2 fully saturated rings. The van der Waals surface area contributed by atoms with E-state index in [-0.39, 0.29) is 15.7 Å². The molecule has 0 unspecified atom stereocenters. The Hall–Kier alpha value is -1.13. The van der Waals surface area contributed by atoms with Crippen LogP contribution in [-0.4, -0.2) is 43.5 Å². The molecule has 0 bridgehead atoms. The standard InChI is InChI=1S/C18H21Cl2FN4O2S2/c1-11-7-18(3-2-4-25(18)9-11)10-23-14-6-13(21)15(5-12(14)19)29(26,27)24-17-22-8-16(20)28-17/h5-6,8,11,23H,2-4,7,9-10H2,1H3,(H,22,24)/t11-,18-/m0/s1. The normalized spacial score (nSPS) is 24.6. The number of hydrogen-bond donors (Lipinski definition) is 2. The number of benzene rings is 1. The van der Waals surface area contributed by atoms with Crippen molar-refractivity contribution in [3.05, 3.63) is 33.5 Å². The molecule has 29 heavy (non-hydrogen) atoms. The summed E-state index contributed by atoms with van der Waals surface area (Å²) in [7, 11) is -4.18. The van der Waals surface area contributed by atoms with Gasteiger partial charge in [-0.05, 0) is 43.9 Å². The lowest BCUT2D eigenvalue weighted by Gasteiger charge is -2.32. The molecule has 0 spiro atoms. The van der Waals surface area contributed by atoms with Crippen LogP contribution in [0.1, 0.15) is 26.2 Å². The zero-order chi connectivity index (χ0) is 20.8. The first-order valence-electron chi connectivity index (χ1n) is 9.31. The van der Waals surface area contributed by atoms with Crippen molar-refractivity contribution in [2.24, 2.45) is 5.92 Å². The lowest BCUT2D eigenvalue weighted by atomic mass is 9.90. The van der Waals surface area contributed by atoms with E-state index in [1.807, 2.05) is 0 Å². The Morgan fingerprint density at radius 3 is 2.93 bits per heavy atom. The van der Waals surface area contributed by atoms with Crippen molar-refractivity contribution in [3.8, 4) is 0 Å². The number of anilines is 2. The summed E-state index contributed by atoms with van der Waals surface area (Å²) >= 11 is 13.0. The van der Waals surface area contributed by atoms with Gasteiger partial charge in [-0.3, -0.25) is 9.62 Å². The van der Waals surface area contributed by atoms with Gasteiger partial charge in [0.25, 0.3) is 10.0 Å². The number of halogens is 3. The number of nitrogens with zero attached hydrogens (tertiary/aromatic N) is 2. The molecule has 0 amide bonds. The summed E-state index contributed by atoms with van der Waals surface area (Å²) in [6, 6.07) is 2.26. The largest absolute Gasteiger partial charge is 0.382 e. The van der Waals surface area contributed by atoms with E-state index in [0.29, 0.717) is 22.5 Å². The van der Waals surface area contributed by atoms with Crippen molar-refractivity contribution in [2.75, 3.05) is 29.7 Å². The average molecular weight is 479 g/mol. The molecule has 1 aromatic heterocycles. The van der Waals surface area contributed by atoms with Crippen molar-refractivity contribution in [1.82, 2.24) is 9.88 Å². The first-order chi connectivity index (χ1) is 13.7. The summed E-state index contributed by atoms with van der Waals surface area (Å²) in [5, 5.41) is 3.46. The lowest BCUT2D eigenvalue weighted by Crippen LogP contribution is -2.44. The van der Waals surface area contributed by atoms with Gasteiger partial charge in [-0.25, -0.2) is 17.8 Å². The number of nitrogens with one attached hydrogen (secondary N) is 2. The molecule has 11 heteroatoms. The van der Waals surface area contributed by atoms with Crippen molar-refractivity contribution < 1.29 is 12.8 Å². The van der Waals surface area contributed by atoms with Crippen molar-refractivity contribution in [1.29, 1.82) is 0 Å². The highest BCUT2D eigenvalue weighted by Gasteiger charge is 2.46. The summed E-state index contributed by atoms with van der Waals surface area (Å²) in [5.41, 5.74) is 0.455. The molecule has 2 aromatic rings. The van der Waals surface area contributed by atoms with Crippen LogP contribution in [0.5, 0.6) is 0 Å². The molecular weight excluding hydrogens is 458 g/mol. The van der Waals surface area contributed by atoms with Gasteiger partial charge in [-0.15, -0.1) is 0 Å². The van der Waals surface area contributed by atoms with Gasteiger partial charge in [0, 0.05) is 18.6 Å². The quantitative estimate of drug-likeness (QED) is 0.630. The van der Waals surface area contributed by atoms with Crippen LogP contribution in [0.25, 0.3) is 0 Å². The van der Waals surface area contributed by atoms with E-state index in [1.54, 1.807) is 0 Å². The predicted octanol–water partition coefficient (Wildman–Crippen LogP) is 4.68. The highest BCUT2D eigenvalue weighted by molar-refractivity contribution is 7.93. The minimum atomic E-state index is -4.18. The van der Waals surface area contributed by atoms with Gasteiger partial charge in [-0.2, -0.15) is 0 Å². The topological polar surface area (TPSA) is 74.3 Å². The lowest BCUT2D eigenvalue weighted by molar-refractivity contribution is 0.209. The number of thiazole rings is 1. The fourth-order valence-corrected chi connectivity index (χ4v) is 6.91. The van der Waals surface area contributed by atoms with E-state index in [0.717, 1.165) is 55.8 Å². The second-order valence-corrected chi connectivity index (χ2v) is 11.5. The Morgan fingerprint density at radius 1 is 1.41 bits per heavy atom. The van der Waals surface area contributed by atoms with E-state index < -0.39 is 20.7 Å². The molecular formula is C18H21Cl2FN4O2S2. The summed E-state index contributed by atoms with van der Waals surface area (Å²) in [6.07, 6.45) is 4.65. The fourth-order valence-electron chi connectivity index (χ4n) is 4.47. The summed E-state index contributed by atoms with van der Waals surface area (Å²) in [5.74, 6) is -0.255. The van der Waals surface area contributed by atoms with Gasteiger partial charge in [0.05, 0.1) is 16.9 Å². The van der Waals surface area contributed by atoms with Crippen LogP contribution in [-0.2, 0) is 10.0 Å². The molecule has 2 aliphatic rings. The Balaban J connectivity index is 1.53. The first-order valence-corrected chi connectivity index (χ1v) is 12.4. The van der Waals surface area contributed by atoms with Crippen LogP contribution in [0.15, 0.2) is 23.2 Å². The minimum Gasteiger partial charge on any atom is -0.382 e. The average Bonchev–Trinajstić information content (AvgIpc) is 3.28. The Kier molecular flexibility index (Phi) is 5.71. The molecule has 6 nitrogen and oxygen atoms in total. The van der Waals surface area contributed by atoms with E-state index >= 15 is 0 Å². The predicted molar refractivity (Wildman–Crippen MR) is 115 cm³/mol. The van der Waals surface area contributed by atoms with Crippen LogP contribution in [0, 0.1) is 11.7 Å². The van der Waals surface area contributed by atoms with Gasteiger partial charge in [0.1, 0.15) is 15.0 Å². The maximum atomic E-state index is 14.7. The van der Waals surface area contributed by atoms with Crippen LogP contribution in [0.3, 0.4) is 0 Å². The van der Waals surface area contributed by atoms with Gasteiger partial charge in [0.15, 0.2) is 5.13 Å². The molecule has 0 aliphatic carbocycles. The number of sulfonamides is 1. The molecule has 1 aromatic carbocycles. The van der Waals surface area contributed by atoms with E-state index in [2.05, 4.69) is 26.8 Å². The van der Waals surface area contributed by atoms with Crippen LogP contribution in [0.4, 0.5) is 15.2 Å². The van der Waals surface area contributed by atoms with Crippen molar-refractivity contribution >= 4 is 55.4 Å². The maximum absolute atomic E-state index is 14.7. The van der Waals surface area contributed by atoms with E-state index in [1.165, 1.54) is 6.20 Å². The summed E-state index contributed by atoms with van der Waals surface area (Å²) in [4.78, 5) is 5.79. The summed E-state index contributed by atoms with van der Waals surface area (Å²) < 4.78 is 42.3. The van der Waals surface area contributed by atoms with Crippen molar-refractivity contribution in [2.45, 2.75) is 36.6 Å². The Morgan fingerprint density at radius 2 is 2.21 bits per heavy atom. The third-order valence-electron chi connectivity index (χ3n) is 5.62. The maximum Gasteiger partial charge on any atom is 0.266 e. The monoisotopic (exact) mass is 478 g/mol. The minimum absolute atomic E-state index is 0.0588. The zero-order valence-electron chi connectivity index (χ0n) is 15.7. The fraction of sp³-hybridized carbons (Fsp3) is 0.500. The molecule has 3 heterocycles. The van der Waals surface area contributed by atoms with Gasteiger partial charge < -0.3 is 5.32 Å². The molecule has 0 saturated carbocycles. The highest BCUT2D eigenvalue weighted by Crippen LogP contribution is 2.42. The molecule has 4 rings (SSSR count). The Bertz CT molecular complexity index is 1030. The van der Waals surface area contributed by atoms with Crippen LogP contribution < -0.4 is 10.0 Å². The molecule has 2 N–H and O–H groups in total. The third kappa shape index (κ3) is 4.20. The van der Waals surface area contributed by atoms with Gasteiger partial charge in [-0.1, -0.05) is 41.5 Å². The van der Waals surface area contributed by atoms with Gasteiger partial charge >= 0.3 is 0 Å². The third-order valence-corrected chi connectivity index (χ3v) is 8.45. The van der Waals surface area contributed by atoms with Crippen LogP contribution >= 0.6 is 34.5 Å². The Labute approximate surface area is 183 Å². The second kappa shape index (κ2) is 7.85. The van der Waals surface area contributed by atoms with Crippen LogP contribution in [0.2, 0.25) is 9.36 Å². The van der Waals surface area contributed by atoms with E-state index in [4.69, 9.17) is 23.2 Å². The molecule has 2 aliphatic heterocycles. The molecule has 158 valence electrons. The first kappa shape index (κ1) is 21.1. The highest BCUT2D eigenvalue weighted by atomic mass is 35.5. The number of hydrogen-bond acceptors (Lipinski definition) is 6.